The molecule has 1 aliphatic heterocycles. The molecule has 13 rings (SSSR count). The number of hydrogen-bond donors (Lipinski definition) is 0. The first kappa shape index (κ1) is 34.0. The SMILES string of the molecule is c1ccc(N(c2ccc3ccccc3c2)c2cccc3ccccc23)c(-c2ccc3c(c2)C2(c4ccccc4-3)c3ccc4ccccc4c3Oc3c2ccc2ccccc32)c1. The molecule has 0 saturated heterocycles. The van der Waals surface area contributed by atoms with Gasteiger partial charge in [-0.05, 0) is 85.1 Å². The fourth-order valence-electron chi connectivity index (χ4n) is 10.6. The Morgan fingerprint density at radius 3 is 1.57 bits per heavy atom. The summed E-state index contributed by atoms with van der Waals surface area (Å²) in [6, 6.07) is 82.4. The van der Waals surface area contributed by atoms with Crippen LogP contribution >= 0.6 is 0 Å². The Bertz CT molecular complexity index is 3510. The van der Waals surface area contributed by atoms with Crippen molar-refractivity contribution >= 4 is 60.2 Å². The fraction of sp³-hybridized carbons (Fsp3) is 0.0169. The number of ether oxygens (including phenoxy) is 1. The molecule has 1 spiro atoms. The molecule has 2 heteroatoms. The highest BCUT2D eigenvalue weighted by molar-refractivity contribution is 6.04. The van der Waals surface area contributed by atoms with Crippen LogP contribution in [0.5, 0.6) is 11.5 Å². The Hall–Kier alpha value is -7.94. The highest BCUT2D eigenvalue weighted by Gasteiger charge is 2.52. The van der Waals surface area contributed by atoms with Gasteiger partial charge in [0.2, 0.25) is 0 Å². The van der Waals surface area contributed by atoms with Gasteiger partial charge in [-0.3, -0.25) is 0 Å². The lowest BCUT2D eigenvalue weighted by Crippen LogP contribution is -2.32. The molecule has 0 amide bonds. The predicted octanol–water partition coefficient (Wildman–Crippen LogP) is 15.9. The van der Waals surface area contributed by atoms with E-state index in [0.717, 1.165) is 61.2 Å². The van der Waals surface area contributed by atoms with Gasteiger partial charge in [0.25, 0.3) is 0 Å². The fourth-order valence-corrected chi connectivity index (χ4v) is 10.6. The van der Waals surface area contributed by atoms with Crippen LogP contribution in [0.1, 0.15) is 22.3 Å². The van der Waals surface area contributed by atoms with Crippen molar-refractivity contribution in [1.82, 2.24) is 0 Å². The molecule has 0 bridgehead atoms. The third kappa shape index (κ3) is 4.85. The summed E-state index contributed by atoms with van der Waals surface area (Å²) in [6.07, 6.45) is 0. The van der Waals surface area contributed by atoms with Crippen molar-refractivity contribution in [3.8, 4) is 33.8 Å². The van der Waals surface area contributed by atoms with Gasteiger partial charge in [0.1, 0.15) is 11.5 Å². The van der Waals surface area contributed by atoms with E-state index in [0.29, 0.717) is 0 Å². The van der Waals surface area contributed by atoms with Crippen LogP contribution in [0, 0.1) is 0 Å². The second-order valence-electron chi connectivity index (χ2n) is 16.4. The van der Waals surface area contributed by atoms with Gasteiger partial charge in [-0.25, -0.2) is 0 Å². The minimum absolute atomic E-state index is 0.637. The summed E-state index contributed by atoms with van der Waals surface area (Å²) in [5.41, 5.74) is 12.4. The number of fused-ring (bicyclic) bond motifs is 15. The van der Waals surface area contributed by atoms with Crippen LogP contribution in [0.15, 0.2) is 224 Å². The third-order valence-electron chi connectivity index (χ3n) is 13.3. The monoisotopic (exact) mass is 775 g/mol. The summed E-state index contributed by atoms with van der Waals surface area (Å²) in [5, 5.41) is 9.39. The van der Waals surface area contributed by atoms with Gasteiger partial charge in [-0.15, -0.1) is 0 Å². The van der Waals surface area contributed by atoms with Crippen molar-refractivity contribution in [2.75, 3.05) is 4.90 Å². The van der Waals surface area contributed by atoms with Crippen molar-refractivity contribution in [2.45, 2.75) is 5.41 Å². The highest BCUT2D eigenvalue weighted by Crippen LogP contribution is 2.64. The van der Waals surface area contributed by atoms with Crippen LogP contribution < -0.4 is 9.64 Å². The van der Waals surface area contributed by atoms with Crippen molar-refractivity contribution < 1.29 is 4.74 Å². The smallest absolute Gasteiger partial charge is 0.140 e. The molecule has 1 heterocycles. The van der Waals surface area contributed by atoms with Gasteiger partial charge < -0.3 is 9.64 Å². The first-order valence-electron chi connectivity index (χ1n) is 21.1. The van der Waals surface area contributed by atoms with E-state index in [1.807, 2.05) is 0 Å². The average Bonchev–Trinajstić information content (AvgIpc) is 3.61. The molecular formula is C59H37NO. The molecule has 0 aromatic heterocycles. The van der Waals surface area contributed by atoms with Gasteiger partial charge in [-0.2, -0.15) is 0 Å². The molecule has 0 unspecified atom stereocenters. The van der Waals surface area contributed by atoms with E-state index in [4.69, 9.17) is 4.74 Å². The van der Waals surface area contributed by atoms with E-state index in [9.17, 15) is 0 Å². The van der Waals surface area contributed by atoms with Gasteiger partial charge in [-0.1, -0.05) is 194 Å². The summed E-state index contributed by atoms with van der Waals surface area (Å²) < 4.78 is 7.24. The molecular weight excluding hydrogens is 739 g/mol. The lowest BCUT2D eigenvalue weighted by atomic mass is 9.65. The third-order valence-corrected chi connectivity index (χ3v) is 13.3. The van der Waals surface area contributed by atoms with E-state index in [1.165, 1.54) is 54.9 Å². The van der Waals surface area contributed by atoms with E-state index in [2.05, 4.69) is 229 Å². The van der Waals surface area contributed by atoms with Crippen LogP contribution in [0.2, 0.25) is 0 Å². The summed E-state index contributed by atoms with van der Waals surface area (Å²) in [4.78, 5) is 2.46. The van der Waals surface area contributed by atoms with Crippen LogP contribution in [0.4, 0.5) is 17.1 Å². The number of hydrogen-bond acceptors (Lipinski definition) is 2. The number of nitrogens with zero attached hydrogens (tertiary/aromatic N) is 1. The predicted molar refractivity (Wildman–Crippen MR) is 254 cm³/mol. The van der Waals surface area contributed by atoms with Gasteiger partial charge in [0.05, 0.1) is 16.8 Å². The lowest BCUT2D eigenvalue weighted by molar-refractivity contribution is 0.447. The standard InChI is InChI=1S/C59H37NO/c1-2-18-42-36-44(32-28-38(42)14-1)60(56-27-13-19-39-15-3-6-20-45(39)56)55-26-12-10-21-46(55)43-29-33-50-49-24-9-11-25-51(49)59(54(50)37-43)52-34-30-40-16-4-7-22-47(40)57(52)61-58-48-23-8-5-17-41(48)31-35-53(58)59/h1-37H. The van der Waals surface area contributed by atoms with Crippen LogP contribution in [0.3, 0.4) is 0 Å². The second kappa shape index (κ2) is 13.0. The molecule has 0 fully saturated rings. The minimum atomic E-state index is -0.637. The summed E-state index contributed by atoms with van der Waals surface area (Å²) in [6.45, 7) is 0. The summed E-state index contributed by atoms with van der Waals surface area (Å²) >= 11 is 0. The number of rotatable bonds is 4. The maximum Gasteiger partial charge on any atom is 0.140 e. The molecule has 0 atom stereocenters. The molecule has 2 aliphatic rings. The van der Waals surface area contributed by atoms with Gasteiger partial charge >= 0.3 is 0 Å². The molecule has 11 aromatic carbocycles. The van der Waals surface area contributed by atoms with Crippen molar-refractivity contribution in [1.29, 1.82) is 0 Å². The van der Waals surface area contributed by atoms with Crippen LogP contribution in [0.25, 0.3) is 65.3 Å². The topological polar surface area (TPSA) is 12.5 Å². The minimum Gasteiger partial charge on any atom is -0.455 e. The Labute approximate surface area is 354 Å². The quantitative estimate of drug-likeness (QED) is 0.177. The number of anilines is 3. The average molecular weight is 776 g/mol. The molecule has 61 heavy (non-hydrogen) atoms. The summed E-state index contributed by atoms with van der Waals surface area (Å²) in [5.74, 6) is 1.85. The normalized spacial score (nSPS) is 13.2. The number of para-hydroxylation sites is 1. The zero-order valence-electron chi connectivity index (χ0n) is 33.2. The van der Waals surface area contributed by atoms with Crippen molar-refractivity contribution in [3.63, 3.8) is 0 Å². The van der Waals surface area contributed by atoms with Crippen molar-refractivity contribution in [3.05, 3.63) is 247 Å². The highest BCUT2D eigenvalue weighted by atomic mass is 16.5. The van der Waals surface area contributed by atoms with Gasteiger partial charge in [0.15, 0.2) is 0 Å². The Morgan fingerprint density at radius 2 is 0.836 bits per heavy atom. The Balaban J connectivity index is 1.10. The zero-order chi connectivity index (χ0) is 40.1. The first-order chi connectivity index (χ1) is 30.3. The van der Waals surface area contributed by atoms with E-state index >= 15 is 0 Å². The molecule has 11 aromatic rings. The lowest BCUT2D eigenvalue weighted by Gasteiger charge is -2.40. The molecule has 2 nitrogen and oxygen atoms in total. The molecule has 0 saturated carbocycles. The Morgan fingerprint density at radius 1 is 0.311 bits per heavy atom. The molecule has 284 valence electrons. The maximum atomic E-state index is 7.24. The van der Waals surface area contributed by atoms with Crippen molar-refractivity contribution in [2.24, 2.45) is 0 Å². The number of benzene rings is 11. The summed E-state index contributed by atoms with van der Waals surface area (Å²) in [7, 11) is 0. The largest absolute Gasteiger partial charge is 0.455 e. The van der Waals surface area contributed by atoms with E-state index < -0.39 is 5.41 Å². The maximum absolute atomic E-state index is 7.24. The van der Waals surface area contributed by atoms with Crippen LogP contribution in [-0.4, -0.2) is 0 Å². The zero-order valence-corrected chi connectivity index (χ0v) is 33.2. The van der Waals surface area contributed by atoms with Gasteiger partial charge in [0, 0.05) is 38.5 Å². The first-order valence-corrected chi connectivity index (χ1v) is 21.1. The van der Waals surface area contributed by atoms with Crippen LogP contribution in [-0.2, 0) is 5.41 Å². The molecule has 0 radical (unpaired) electrons. The molecule has 1 aliphatic carbocycles. The second-order valence-corrected chi connectivity index (χ2v) is 16.4. The molecule has 0 N–H and O–H groups in total. The van der Waals surface area contributed by atoms with E-state index in [1.54, 1.807) is 0 Å². The van der Waals surface area contributed by atoms with E-state index in [-0.39, 0.29) is 0 Å². The Kier molecular flexibility index (Phi) is 7.26.